The molecular weight excluding hydrogens is 512 g/mol. The maximum atomic E-state index is 13.0. The monoisotopic (exact) mass is 537 g/mol. The van der Waals surface area contributed by atoms with E-state index in [1.54, 1.807) is 33.9 Å². The number of carbonyl (C=O) groups is 3. The first-order chi connectivity index (χ1) is 17.3. The van der Waals surface area contributed by atoms with Crippen LogP contribution in [0.1, 0.15) is 12.6 Å². The van der Waals surface area contributed by atoms with Gasteiger partial charge in [0.05, 0.1) is 12.7 Å². The van der Waals surface area contributed by atoms with Gasteiger partial charge in [0.2, 0.25) is 0 Å². The normalized spacial score (nSPS) is 19.7. The molecule has 0 bridgehead atoms. The average Bonchev–Trinajstić information content (AvgIpc) is 3.43. The van der Waals surface area contributed by atoms with Crippen molar-refractivity contribution in [2.75, 3.05) is 30.4 Å². The van der Waals surface area contributed by atoms with Crippen molar-refractivity contribution in [3.63, 3.8) is 0 Å². The number of carboxylic acids is 1. The molecule has 2 aliphatic heterocycles. The molecule has 0 aromatic carbocycles. The summed E-state index contributed by atoms with van der Waals surface area (Å²) >= 11 is 2.46. The van der Waals surface area contributed by atoms with Crippen LogP contribution < -0.4 is 21.5 Å². The van der Waals surface area contributed by atoms with Crippen molar-refractivity contribution in [3.05, 3.63) is 34.6 Å². The fourth-order valence-electron chi connectivity index (χ4n) is 3.91. The Balaban J connectivity index is 1.54. The number of nitrogens with zero attached hydrogens (tertiary/aromatic N) is 5. The molecule has 0 radical (unpaired) electrons. The summed E-state index contributed by atoms with van der Waals surface area (Å²) < 4.78 is 3.30. The standard InChI is InChI=1S/C20H24N8O6S2/c1-2-34-25-13(11-9-36-20(22)23-11)16(30)24-14-17(31)28-15(19(32)33)10(8-35-18(14)28)7-26-4-3-12(21)27(26)5-6-29/h3-4,9,14,18,21,29H,2,5-8H2,1H3,(H4,22,23,24,30,32,33)/p+1/t14-,18-/m1/s1. The zero-order valence-electron chi connectivity index (χ0n) is 19.2. The number of aromatic nitrogens is 3. The zero-order valence-corrected chi connectivity index (χ0v) is 20.8. The number of fused-ring (bicyclic) bond motifs is 1. The summed E-state index contributed by atoms with van der Waals surface area (Å²) in [4.78, 5) is 48.4. The molecule has 1 fully saturated rings. The largest absolute Gasteiger partial charge is 0.477 e. The Morgan fingerprint density at radius 2 is 2.19 bits per heavy atom. The maximum absolute atomic E-state index is 13.0. The van der Waals surface area contributed by atoms with E-state index < -0.39 is 29.2 Å². The highest BCUT2D eigenvalue weighted by atomic mass is 32.2. The van der Waals surface area contributed by atoms with Crippen molar-refractivity contribution in [2.24, 2.45) is 5.16 Å². The maximum Gasteiger partial charge on any atom is 0.352 e. The van der Waals surface area contributed by atoms with Crippen LogP contribution in [-0.4, -0.2) is 78.7 Å². The second-order valence-corrected chi connectivity index (χ2v) is 9.73. The third kappa shape index (κ3) is 4.74. The van der Waals surface area contributed by atoms with Crippen molar-refractivity contribution in [2.45, 2.75) is 31.4 Å². The second kappa shape index (κ2) is 10.5. The van der Waals surface area contributed by atoms with Crippen LogP contribution in [0.25, 0.3) is 0 Å². The van der Waals surface area contributed by atoms with Gasteiger partial charge in [0.15, 0.2) is 29.4 Å². The predicted octanol–water partition coefficient (Wildman–Crippen LogP) is -1.43. The van der Waals surface area contributed by atoms with Crippen LogP contribution in [0.5, 0.6) is 0 Å². The average molecular weight is 538 g/mol. The van der Waals surface area contributed by atoms with Crippen LogP contribution in [0.4, 0.5) is 10.9 Å². The summed E-state index contributed by atoms with van der Waals surface area (Å²) in [5.41, 5.74) is 12.0. The van der Waals surface area contributed by atoms with Gasteiger partial charge in [0, 0.05) is 16.7 Å². The van der Waals surface area contributed by atoms with Gasteiger partial charge in [-0.2, -0.15) is 0 Å². The van der Waals surface area contributed by atoms with E-state index in [0.29, 0.717) is 17.1 Å². The fraction of sp³-hybridized carbons (Fsp3) is 0.400. The minimum atomic E-state index is -1.25. The number of aliphatic carboxylic acids is 1. The highest BCUT2D eigenvalue weighted by Crippen LogP contribution is 2.40. The lowest BCUT2D eigenvalue weighted by Crippen LogP contribution is -2.71. The SMILES string of the molecule is CCON=C(C(=O)N[C@@H]1C(=O)N2C(C(=O)O)=C(C[n+]3ccc(N)n3CCO)CS[C@H]12)c1csc(N)n1. The number of anilines is 2. The van der Waals surface area contributed by atoms with E-state index in [1.807, 2.05) is 0 Å². The number of rotatable bonds is 10. The molecule has 0 saturated carbocycles. The number of carbonyl (C=O) groups excluding carboxylic acids is 2. The molecule has 0 unspecified atom stereocenters. The van der Waals surface area contributed by atoms with E-state index in [-0.39, 0.29) is 48.5 Å². The Morgan fingerprint density at radius 1 is 1.42 bits per heavy atom. The molecule has 2 atom stereocenters. The van der Waals surface area contributed by atoms with Gasteiger partial charge in [-0.05, 0) is 6.92 Å². The fourth-order valence-corrected chi connectivity index (χ4v) is 5.79. The number of carboxylic acid groups (broad SMARTS) is 1. The molecule has 4 rings (SSSR count). The topological polar surface area (TPSA) is 202 Å². The molecule has 0 spiro atoms. The summed E-state index contributed by atoms with van der Waals surface area (Å²) in [7, 11) is 0. The molecule has 2 amide bonds. The van der Waals surface area contributed by atoms with E-state index in [0.717, 1.165) is 11.3 Å². The summed E-state index contributed by atoms with van der Waals surface area (Å²) in [6, 6.07) is 0.690. The Labute approximate surface area is 213 Å². The van der Waals surface area contributed by atoms with Gasteiger partial charge in [-0.15, -0.1) is 32.5 Å². The van der Waals surface area contributed by atoms with E-state index in [1.165, 1.54) is 16.7 Å². The number of aliphatic hydroxyl groups is 1. The number of nitrogens with two attached hydrogens (primary N) is 2. The number of amides is 2. The van der Waals surface area contributed by atoms with Gasteiger partial charge in [-0.1, -0.05) is 5.16 Å². The van der Waals surface area contributed by atoms with Crippen molar-refractivity contribution in [1.29, 1.82) is 0 Å². The summed E-state index contributed by atoms with van der Waals surface area (Å²) in [6.45, 7) is 2.17. The Morgan fingerprint density at radius 3 is 2.83 bits per heavy atom. The van der Waals surface area contributed by atoms with Crippen molar-refractivity contribution in [3.8, 4) is 0 Å². The number of thiazole rings is 1. The lowest BCUT2D eigenvalue weighted by atomic mass is 10.0. The molecule has 2 aromatic heterocycles. The van der Waals surface area contributed by atoms with E-state index in [9.17, 15) is 24.6 Å². The molecular formula is C20H25N8O6S2+. The minimum Gasteiger partial charge on any atom is -0.477 e. The first-order valence-electron chi connectivity index (χ1n) is 10.8. The Bertz CT molecular complexity index is 1250. The second-order valence-electron chi connectivity index (χ2n) is 7.73. The molecule has 7 N–H and O–H groups in total. The van der Waals surface area contributed by atoms with Crippen molar-refractivity contribution >= 4 is 57.5 Å². The molecule has 36 heavy (non-hydrogen) atoms. The number of thioether (sulfide) groups is 1. The van der Waals surface area contributed by atoms with Crippen LogP contribution in [0.3, 0.4) is 0 Å². The number of hydrogen-bond donors (Lipinski definition) is 5. The Hall–Kier alpha value is -3.63. The van der Waals surface area contributed by atoms with Crippen molar-refractivity contribution in [1.82, 2.24) is 19.9 Å². The van der Waals surface area contributed by atoms with E-state index in [4.69, 9.17) is 16.3 Å². The van der Waals surface area contributed by atoms with Gasteiger partial charge in [-0.25, -0.2) is 9.78 Å². The van der Waals surface area contributed by atoms with Crippen LogP contribution in [0.15, 0.2) is 34.1 Å². The number of nitrogens with one attached hydrogen (secondary N) is 1. The van der Waals surface area contributed by atoms with E-state index in [2.05, 4.69) is 15.5 Å². The first-order valence-corrected chi connectivity index (χ1v) is 12.8. The molecule has 4 heterocycles. The van der Waals surface area contributed by atoms with Crippen LogP contribution in [0, 0.1) is 0 Å². The lowest BCUT2D eigenvalue weighted by Gasteiger charge is -2.49. The van der Waals surface area contributed by atoms with Gasteiger partial charge in [0.25, 0.3) is 11.8 Å². The molecule has 2 aliphatic rings. The molecule has 16 heteroatoms. The highest BCUT2D eigenvalue weighted by molar-refractivity contribution is 8.00. The van der Waals surface area contributed by atoms with Gasteiger partial charge in [0.1, 0.15) is 36.0 Å². The van der Waals surface area contributed by atoms with Gasteiger partial charge >= 0.3 is 5.97 Å². The van der Waals surface area contributed by atoms with Gasteiger partial charge < -0.3 is 31.8 Å². The van der Waals surface area contributed by atoms with Crippen LogP contribution in [0.2, 0.25) is 0 Å². The summed E-state index contributed by atoms with van der Waals surface area (Å²) in [6.07, 6.45) is 1.68. The van der Waals surface area contributed by atoms with Crippen molar-refractivity contribution < 1.29 is 34.1 Å². The molecule has 14 nitrogen and oxygen atoms in total. The predicted molar refractivity (Wildman–Crippen MR) is 130 cm³/mol. The number of β-lactam (4-membered cyclic amide) rings is 1. The van der Waals surface area contributed by atoms with E-state index >= 15 is 0 Å². The number of nitrogen functional groups attached to an aromatic ring is 2. The summed E-state index contributed by atoms with van der Waals surface area (Å²) in [5, 5.41) is 26.9. The number of hydrogen-bond acceptors (Lipinski definition) is 11. The third-order valence-electron chi connectivity index (χ3n) is 5.49. The third-order valence-corrected chi connectivity index (χ3v) is 7.50. The molecule has 192 valence electrons. The van der Waals surface area contributed by atoms with Crippen LogP contribution >= 0.6 is 23.1 Å². The molecule has 1 saturated heterocycles. The van der Waals surface area contributed by atoms with Gasteiger partial charge in [-0.3, -0.25) is 14.5 Å². The number of aliphatic hydroxyl groups excluding tert-OH is 1. The zero-order chi connectivity index (χ0) is 26.0. The lowest BCUT2D eigenvalue weighted by molar-refractivity contribution is -0.767. The molecule has 2 aromatic rings. The first kappa shape index (κ1) is 25.5. The quantitative estimate of drug-likeness (QED) is 0.103. The summed E-state index contributed by atoms with van der Waals surface area (Å²) in [5.74, 6) is -1.77. The number of oxime groups is 1. The smallest absolute Gasteiger partial charge is 0.352 e. The Kier molecular flexibility index (Phi) is 7.46. The van der Waals surface area contributed by atoms with Crippen LogP contribution in [-0.2, 0) is 32.3 Å². The molecule has 0 aliphatic carbocycles. The highest BCUT2D eigenvalue weighted by Gasteiger charge is 2.55. The minimum absolute atomic E-state index is 0.132.